The summed E-state index contributed by atoms with van der Waals surface area (Å²) < 4.78 is 5.53. The molecule has 2 aliphatic carbocycles. The molecule has 11 heteroatoms. The van der Waals surface area contributed by atoms with Gasteiger partial charge < -0.3 is 40.9 Å². The number of rotatable bonds is 7. The van der Waals surface area contributed by atoms with Gasteiger partial charge in [0.1, 0.15) is 36.0 Å². The molecule has 0 amide bonds. The molecule has 2 saturated heterocycles. The van der Waals surface area contributed by atoms with Gasteiger partial charge in [0, 0.05) is 18.0 Å². The van der Waals surface area contributed by atoms with Crippen molar-refractivity contribution in [1.82, 2.24) is 4.90 Å². The Morgan fingerprint density at radius 2 is 1.82 bits per heavy atom. The number of aliphatic carboxylic acids is 1. The molecule has 3 fully saturated rings. The van der Waals surface area contributed by atoms with Crippen molar-refractivity contribution in [2.45, 2.75) is 79.8 Å². The summed E-state index contributed by atoms with van der Waals surface area (Å²) in [7, 11) is 0. The van der Waals surface area contributed by atoms with E-state index >= 15 is 0 Å². The molecule has 1 aromatic carbocycles. The minimum absolute atomic E-state index is 0. The van der Waals surface area contributed by atoms with Gasteiger partial charge in [-0.2, -0.15) is 5.26 Å². The lowest BCUT2D eigenvalue weighted by Gasteiger charge is -2.48. The van der Waals surface area contributed by atoms with Crippen molar-refractivity contribution in [2.75, 3.05) is 13.2 Å². The monoisotopic (exact) mass is 544 g/mol. The molecule has 2 heterocycles. The molecular weight excluding hydrogens is 508 g/mol. The highest BCUT2D eigenvalue weighted by atomic mass is 16.7. The SMILES string of the molecule is N#CC1(N2CCC[C@H]2C(=O)O)C=CC([C@@]2(O)O[C@H](CO)[C@@H](O)[C@H](O)[C@H]2O)=CC1Cc1ccc(C2CC2)cc1.O. The van der Waals surface area contributed by atoms with Crippen molar-refractivity contribution in [1.29, 1.82) is 5.26 Å². The van der Waals surface area contributed by atoms with Crippen LogP contribution in [0.15, 0.2) is 48.1 Å². The molecule has 0 radical (unpaired) electrons. The largest absolute Gasteiger partial charge is 0.480 e. The highest BCUT2D eigenvalue weighted by Gasteiger charge is 2.56. The van der Waals surface area contributed by atoms with E-state index in [4.69, 9.17) is 4.74 Å². The second-order valence-corrected chi connectivity index (χ2v) is 10.9. The van der Waals surface area contributed by atoms with Crippen LogP contribution in [0.3, 0.4) is 0 Å². The molecule has 4 aliphatic rings. The fourth-order valence-corrected chi connectivity index (χ4v) is 6.14. The first-order valence-electron chi connectivity index (χ1n) is 13.1. The van der Waals surface area contributed by atoms with Gasteiger partial charge in [0.15, 0.2) is 0 Å². The van der Waals surface area contributed by atoms with E-state index in [1.165, 1.54) is 17.7 Å². The molecule has 1 saturated carbocycles. The van der Waals surface area contributed by atoms with Crippen molar-refractivity contribution in [3.8, 4) is 6.07 Å². The molecule has 5 rings (SSSR count). The third-order valence-electron chi connectivity index (χ3n) is 8.52. The molecule has 8 N–H and O–H groups in total. The summed E-state index contributed by atoms with van der Waals surface area (Å²) in [6.45, 7) is -0.312. The van der Waals surface area contributed by atoms with Crippen LogP contribution in [0.25, 0.3) is 0 Å². The zero-order valence-electron chi connectivity index (χ0n) is 21.4. The number of carboxylic acids is 1. The standard InChI is InChI=1S/C28H34N2O8.H2O/c29-15-27(30-11-1-2-21(30)26(35)36)10-9-19(28(37)25(34)24(33)23(32)22(14-31)38-28)13-20(27)12-16-3-5-17(6-4-16)18-7-8-18;/h3-6,9-10,13,18,20-25,31-34,37H,1-2,7-8,11-12,14H2,(H,35,36);1H2/t20?,21-,22+,23+,24-,25+,27?,28+;/m0./s1. The smallest absolute Gasteiger partial charge is 0.320 e. The Balaban J connectivity index is 0.00000353. The molecule has 11 nitrogen and oxygen atoms in total. The highest BCUT2D eigenvalue weighted by Crippen LogP contribution is 2.44. The van der Waals surface area contributed by atoms with Crippen molar-refractivity contribution in [3.05, 3.63) is 59.2 Å². The van der Waals surface area contributed by atoms with Crippen molar-refractivity contribution >= 4 is 5.97 Å². The Bertz CT molecular complexity index is 1160. The molecule has 0 spiro atoms. The van der Waals surface area contributed by atoms with Gasteiger partial charge in [0.25, 0.3) is 0 Å². The lowest BCUT2D eigenvalue weighted by molar-refractivity contribution is -0.330. The lowest BCUT2D eigenvalue weighted by atomic mass is 9.72. The van der Waals surface area contributed by atoms with Gasteiger partial charge in [0.05, 0.1) is 12.7 Å². The van der Waals surface area contributed by atoms with Gasteiger partial charge in [0.2, 0.25) is 5.79 Å². The first-order chi connectivity index (χ1) is 18.1. The van der Waals surface area contributed by atoms with Crippen LogP contribution in [0.1, 0.15) is 42.7 Å². The predicted molar refractivity (Wildman–Crippen MR) is 137 cm³/mol. The van der Waals surface area contributed by atoms with Crippen molar-refractivity contribution in [2.24, 2.45) is 5.92 Å². The van der Waals surface area contributed by atoms with E-state index in [-0.39, 0.29) is 11.0 Å². The van der Waals surface area contributed by atoms with Crippen LogP contribution in [0.2, 0.25) is 0 Å². The average Bonchev–Trinajstić information content (AvgIpc) is 3.65. The van der Waals surface area contributed by atoms with Crippen LogP contribution in [-0.4, -0.2) is 102 Å². The maximum Gasteiger partial charge on any atom is 0.320 e. The molecule has 2 unspecified atom stereocenters. The van der Waals surface area contributed by atoms with E-state index in [0.717, 1.165) is 18.4 Å². The quantitative estimate of drug-likeness (QED) is 0.256. The van der Waals surface area contributed by atoms with Crippen molar-refractivity contribution < 1.29 is 45.6 Å². The minimum atomic E-state index is -2.48. The maximum atomic E-state index is 12.1. The summed E-state index contributed by atoms with van der Waals surface area (Å²) in [6.07, 6.45) is 1.46. The molecule has 2 aliphatic heterocycles. The summed E-state index contributed by atoms with van der Waals surface area (Å²) in [5.74, 6) is -3.57. The number of benzene rings is 1. The average molecular weight is 545 g/mol. The Kier molecular flexibility index (Phi) is 8.33. The fraction of sp³-hybridized carbons (Fsp3) is 0.571. The second-order valence-electron chi connectivity index (χ2n) is 10.9. The summed E-state index contributed by atoms with van der Waals surface area (Å²) in [4.78, 5) is 13.7. The molecule has 0 bridgehead atoms. The van der Waals surface area contributed by atoms with Gasteiger partial charge in [-0.3, -0.25) is 9.69 Å². The van der Waals surface area contributed by atoms with Crippen LogP contribution in [-0.2, 0) is 16.0 Å². The summed E-state index contributed by atoms with van der Waals surface area (Å²) in [6, 6.07) is 9.60. The summed E-state index contributed by atoms with van der Waals surface area (Å²) >= 11 is 0. The topological polar surface area (TPSA) is 206 Å². The number of carbonyl (C=O) groups is 1. The number of nitrogens with zero attached hydrogens (tertiary/aromatic N) is 2. The van der Waals surface area contributed by atoms with E-state index in [2.05, 4.69) is 18.2 Å². The molecule has 212 valence electrons. The number of carboxylic acid groups (broad SMARTS) is 1. The normalized spacial score (nSPS) is 38.5. The number of ether oxygens (including phenoxy) is 1. The Labute approximate surface area is 226 Å². The van der Waals surface area contributed by atoms with E-state index in [1.54, 1.807) is 11.0 Å². The van der Waals surface area contributed by atoms with Gasteiger partial charge >= 0.3 is 5.97 Å². The van der Waals surface area contributed by atoms with Gasteiger partial charge in [-0.05, 0) is 55.2 Å². The van der Waals surface area contributed by atoms with Crippen LogP contribution in [0.4, 0.5) is 0 Å². The minimum Gasteiger partial charge on any atom is -0.480 e. The molecule has 8 atom stereocenters. The van der Waals surface area contributed by atoms with E-state index in [1.807, 2.05) is 12.1 Å². The number of likely N-dealkylation sites (tertiary alicyclic amines) is 1. The first-order valence-corrected chi connectivity index (χ1v) is 13.1. The number of nitriles is 1. The van der Waals surface area contributed by atoms with E-state index in [0.29, 0.717) is 31.7 Å². The Morgan fingerprint density at radius 1 is 1.13 bits per heavy atom. The van der Waals surface area contributed by atoms with Gasteiger partial charge in [-0.1, -0.05) is 36.4 Å². The van der Waals surface area contributed by atoms with Crippen molar-refractivity contribution in [3.63, 3.8) is 0 Å². The molecule has 1 aromatic rings. The molecular formula is C28H36N2O9. The first kappa shape index (κ1) is 29.3. The highest BCUT2D eigenvalue weighted by molar-refractivity contribution is 5.74. The molecule has 39 heavy (non-hydrogen) atoms. The van der Waals surface area contributed by atoms with Crippen LogP contribution < -0.4 is 0 Å². The number of hydrogen-bond acceptors (Lipinski definition) is 9. The van der Waals surface area contributed by atoms with Gasteiger partial charge in [-0.25, -0.2) is 0 Å². The van der Waals surface area contributed by atoms with Crippen LogP contribution in [0.5, 0.6) is 0 Å². The maximum absolute atomic E-state index is 12.1. The molecule has 0 aromatic heterocycles. The van der Waals surface area contributed by atoms with Crippen LogP contribution >= 0.6 is 0 Å². The third-order valence-corrected chi connectivity index (χ3v) is 8.52. The van der Waals surface area contributed by atoms with Gasteiger partial charge in [-0.15, -0.1) is 0 Å². The fourth-order valence-electron chi connectivity index (χ4n) is 6.14. The van der Waals surface area contributed by atoms with E-state index < -0.39 is 60.3 Å². The Hall–Kier alpha value is -2.66. The summed E-state index contributed by atoms with van der Waals surface area (Å²) in [5.41, 5.74) is 0.854. The third kappa shape index (κ3) is 5.03. The zero-order valence-corrected chi connectivity index (χ0v) is 21.4. The number of aliphatic hydroxyl groups is 5. The number of hydrogen-bond donors (Lipinski definition) is 6. The lowest BCUT2D eigenvalue weighted by Crippen LogP contribution is -2.66. The van der Waals surface area contributed by atoms with E-state index in [9.17, 15) is 40.7 Å². The summed E-state index contributed by atoms with van der Waals surface area (Å²) in [5, 5.41) is 72.7. The number of aliphatic hydroxyl groups excluding tert-OH is 4. The second kappa shape index (κ2) is 11.1. The Morgan fingerprint density at radius 3 is 2.41 bits per heavy atom. The van der Waals surface area contributed by atoms with Crippen LogP contribution in [0, 0.1) is 17.2 Å². The zero-order chi connectivity index (χ0) is 27.2. The predicted octanol–water partition coefficient (Wildman–Crippen LogP) is -0.632.